The summed E-state index contributed by atoms with van der Waals surface area (Å²) in [6.45, 7) is 2.51. The second-order valence-corrected chi connectivity index (χ2v) is 7.07. The maximum absolute atomic E-state index is 14.5. The number of halogens is 2. The summed E-state index contributed by atoms with van der Waals surface area (Å²) >= 11 is 1.48. The van der Waals surface area contributed by atoms with Crippen molar-refractivity contribution in [2.45, 2.75) is 38.3 Å². The quantitative estimate of drug-likeness (QED) is 0.890. The van der Waals surface area contributed by atoms with Gasteiger partial charge in [-0.05, 0) is 49.4 Å². The molecular weight excluding hydrogens is 332 g/mol. The van der Waals surface area contributed by atoms with Crippen LogP contribution in [0.15, 0.2) is 29.6 Å². The Bertz CT molecular complexity index is 746. The van der Waals surface area contributed by atoms with Gasteiger partial charge in [0, 0.05) is 16.5 Å². The molecule has 1 N–H and O–H groups in total. The van der Waals surface area contributed by atoms with Crippen LogP contribution in [0.4, 0.5) is 8.78 Å². The minimum atomic E-state index is -0.892. The largest absolute Gasteiger partial charge is 0.480 e. The third kappa shape index (κ3) is 3.21. The maximum Gasteiger partial charge on any atom is 0.320 e. The van der Waals surface area contributed by atoms with Crippen LogP contribution in [0, 0.1) is 18.6 Å². The fourth-order valence-corrected chi connectivity index (χ4v) is 4.45. The van der Waals surface area contributed by atoms with E-state index in [2.05, 4.69) is 0 Å². The summed E-state index contributed by atoms with van der Waals surface area (Å²) in [5, 5.41) is 11.5. The number of aliphatic carboxylic acids is 1. The standard InChI is InChI=1S/C18H19F2NO2S/c1-11-7-9-24-17(11)16(13-6-5-12(19)10-14(13)20)21-8-3-2-4-15(21)18(22)23/h5-7,9-10,15-16H,2-4,8H2,1H3,(H,22,23). The fourth-order valence-electron chi connectivity index (χ4n) is 3.39. The molecule has 0 saturated carbocycles. The van der Waals surface area contributed by atoms with Gasteiger partial charge in [-0.3, -0.25) is 9.69 Å². The number of likely N-dealkylation sites (tertiary alicyclic amines) is 1. The summed E-state index contributed by atoms with van der Waals surface area (Å²) in [5.41, 5.74) is 1.32. The molecule has 128 valence electrons. The minimum absolute atomic E-state index is 0.329. The number of hydrogen-bond acceptors (Lipinski definition) is 3. The number of carbonyl (C=O) groups is 1. The highest BCUT2D eigenvalue weighted by molar-refractivity contribution is 7.10. The molecule has 3 rings (SSSR count). The van der Waals surface area contributed by atoms with Crippen molar-refractivity contribution in [3.63, 3.8) is 0 Å². The first-order valence-corrected chi connectivity index (χ1v) is 8.84. The van der Waals surface area contributed by atoms with Gasteiger partial charge in [0.15, 0.2) is 0 Å². The molecular formula is C18H19F2NO2S. The Hall–Kier alpha value is -1.79. The maximum atomic E-state index is 14.5. The predicted octanol–water partition coefficient (Wildman–Crippen LogP) is 4.36. The molecule has 1 saturated heterocycles. The average Bonchev–Trinajstić information content (AvgIpc) is 2.96. The first-order valence-electron chi connectivity index (χ1n) is 7.96. The summed E-state index contributed by atoms with van der Waals surface area (Å²) in [6, 6.07) is 4.30. The lowest BCUT2D eigenvalue weighted by Crippen LogP contribution is -2.47. The van der Waals surface area contributed by atoms with Gasteiger partial charge < -0.3 is 5.11 Å². The van der Waals surface area contributed by atoms with Crippen LogP contribution in [0.25, 0.3) is 0 Å². The van der Waals surface area contributed by atoms with Gasteiger partial charge >= 0.3 is 5.97 Å². The summed E-state index contributed by atoms with van der Waals surface area (Å²) in [6.07, 6.45) is 2.25. The molecule has 0 bridgehead atoms. The van der Waals surface area contributed by atoms with Crippen molar-refractivity contribution in [1.29, 1.82) is 0 Å². The van der Waals surface area contributed by atoms with Gasteiger partial charge in [0.2, 0.25) is 0 Å². The van der Waals surface area contributed by atoms with Gasteiger partial charge in [0.25, 0.3) is 0 Å². The third-order valence-electron chi connectivity index (χ3n) is 4.57. The fraction of sp³-hybridized carbons (Fsp3) is 0.389. The molecule has 1 aromatic carbocycles. The number of benzene rings is 1. The number of nitrogens with zero attached hydrogens (tertiary/aromatic N) is 1. The van der Waals surface area contributed by atoms with Crippen molar-refractivity contribution in [2.75, 3.05) is 6.54 Å². The van der Waals surface area contributed by atoms with Gasteiger partial charge in [-0.15, -0.1) is 11.3 Å². The number of thiophene rings is 1. The molecule has 1 fully saturated rings. The normalized spacial score (nSPS) is 20.0. The van der Waals surface area contributed by atoms with Crippen molar-refractivity contribution in [3.05, 3.63) is 57.3 Å². The zero-order chi connectivity index (χ0) is 17.3. The molecule has 1 aromatic heterocycles. The first kappa shape index (κ1) is 17.0. The summed E-state index contributed by atoms with van der Waals surface area (Å²) in [7, 11) is 0. The molecule has 2 atom stereocenters. The van der Waals surface area contributed by atoms with Crippen molar-refractivity contribution in [2.24, 2.45) is 0 Å². The highest BCUT2D eigenvalue weighted by atomic mass is 32.1. The van der Waals surface area contributed by atoms with E-state index in [4.69, 9.17) is 0 Å². The van der Waals surface area contributed by atoms with Crippen LogP contribution in [0.3, 0.4) is 0 Å². The molecule has 0 radical (unpaired) electrons. The highest BCUT2D eigenvalue weighted by Gasteiger charge is 2.37. The molecule has 2 aromatic rings. The van der Waals surface area contributed by atoms with E-state index in [0.717, 1.165) is 29.3 Å². The second kappa shape index (κ2) is 6.99. The van der Waals surface area contributed by atoms with Crippen molar-refractivity contribution < 1.29 is 18.7 Å². The Balaban J connectivity index is 2.11. The van der Waals surface area contributed by atoms with E-state index in [0.29, 0.717) is 18.5 Å². The number of carboxylic acids is 1. The Morgan fingerprint density at radius 3 is 2.75 bits per heavy atom. The molecule has 1 aliphatic rings. The van der Waals surface area contributed by atoms with Crippen LogP contribution in [0.1, 0.15) is 41.3 Å². The van der Waals surface area contributed by atoms with Crippen molar-refractivity contribution >= 4 is 17.3 Å². The Morgan fingerprint density at radius 2 is 2.12 bits per heavy atom. The predicted molar refractivity (Wildman–Crippen MR) is 89.2 cm³/mol. The SMILES string of the molecule is Cc1ccsc1C(c1ccc(F)cc1F)N1CCCCC1C(=O)O. The lowest BCUT2D eigenvalue weighted by molar-refractivity contribution is -0.145. The van der Waals surface area contributed by atoms with E-state index in [1.807, 2.05) is 23.3 Å². The van der Waals surface area contributed by atoms with Gasteiger partial charge in [-0.25, -0.2) is 8.78 Å². The Morgan fingerprint density at radius 1 is 1.33 bits per heavy atom. The molecule has 0 amide bonds. The zero-order valence-electron chi connectivity index (χ0n) is 13.3. The van der Waals surface area contributed by atoms with Crippen LogP contribution >= 0.6 is 11.3 Å². The number of hydrogen-bond donors (Lipinski definition) is 1. The van der Waals surface area contributed by atoms with Crippen LogP contribution < -0.4 is 0 Å². The molecule has 24 heavy (non-hydrogen) atoms. The smallest absolute Gasteiger partial charge is 0.320 e. The molecule has 6 heteroatoms. The van der Waals surface area contributed by atoms with Gasteiger partial charge in [0.1, 0.15) is 17.7 Å². The number of aryl methyl sites for hydroxylation is 1. The molecule has 2 heterocycles. The van der Waals surface area contributed by atoms with Gasteiger partial charge in [0.05, 0.1) is 6.04 Å². The van der Waals surface area contributed by atoms with Gasteiger partial charge in [-0.2, -0.15) is 0 Å². The van der Waals surface area contributed by atoms with Crippen LogP contribution in [0.5, 0.6) is 0 Å². The zero-order valence-corrected chi connectivity index (χ0v) is 14.2. The number of carboxylic acid groups (broad SMARTS) is 1. The minimum Gasteiger partial charge on any atom is -0.480 e. The lowest BCUT2D eigenvalue weighted by Gasteiger charge is -2.39. The average molecular weight is 351 g/mol. The second-order valence-electron chi connectivity index (χ2n) is 6.12. The van der Waals surface area contributed by atoms with E-state index < -0.39 is 29.7 Å². The Kier molecular flexibility index (Phi) is 4.96. The molecule has 0 aliphatic carbocycles. The topological polar surface area (TPSA) is 40.5 Å². The monoisotopic (exact) mass is 351 g/mol. The van der Waals surface area contributed by atoms with Crippen molar-refractivity contribution in [1.82, 2.24) is 4.90 Å². The molecule has 0 spiro atoms. The van der Waals surface area contributed by atoms with E-state index in [-0.39, 0.29) is 0 Å². The van der Waals surface area contributed by atoms with E-state index in [9.17, 15) is 18.7 Å². The molecule has 3 nitrogen and oxygen atoms in total. The van der Waals surface area contributed by atoms with Crippen LogP contribution in [-0.2, 0) is 4.79 Å². The highest BCUT2D eigenvalue weighted by Crippen LogP contribution is 2.39. The Labute approximate surface area is 143 Å². The van der Waals surface area contributed by atoms with E-state index in [1.54, 1.807) is 0 Å². The summed E-state index contributed by atoms with van der Waals surface area (Å²) in [4.78, 5) is 14.5. The molecule has 2 unspecified atom stereocenters. The van der Waals surface area contributed by atoms with E-state index >= 15 is 0 Å². The summed E-state index contributed by atoms with van der Waals surface area (Å²) in [5.74, 6) is -2.16. The van der Waals surface area contributed by atoms with E-state index in [1.165, 1.54) is 23.5 Å². The first-order chi connectivity index (χ1) is 11.5. The van der Waals surface area contributed by atoms with Crippen LogP contribution in [-0.4, -0.2) is 28.6 Å². The molecule has 1 aliphatic heterocycles. The third-order valence-corrected chi connectivity index (χ3v) is 5.64. The lowest BCUT2D eigenvalue weighted by atomic mass is 9.94. The van der Waals surface area contributed by atoms with Gasteiger partial charge in [-0.1, -0.05) is 12.5 Å². The summed E-state index contributed by atoms with van der Waals surface area (Å²) < 4.78 is 27.8. The number of piperidine rings is 1. The number of rotatable bonds is 4. The van der Waals surface area contributed by atoms with Crippen LogP contribution in [0.2, 0.25) is 0 Å². The van der Waals surface area contributed by atoms with Crippen molar-refractivity contribution in [3.8, 4) is 0 Å².